The molecule has 1 amide bonds. The molecule has 1 saturated carbocycles. The third-order valence-electron chi connectivity index (χ3n) is 3.77. The Morgan fingerprint density at radius 3 is 2.68 bits per heavy atom. The van der Waals surface area contributed by atoms with Gasteiger partial charge in [-0.2, -0.15) is 0 Å². The van der Waals surface area contributed by atoms with Gasteiger partial charge in [-0.3, -0.25) is 14.6 Å². The second-order valence-electron chi connectivity index (χ2n) is 5.91. The maximum Gasteiger partial charge on any atom is 0.277 e. The molecular formula is C17H16F3N3O2. The summed E-state index contributed by atoms with van der Waals surface area (Å²) in [5, 5.41) is 2.57. The topological polar surface area (TPSA) is 63.2 Å². The molecule has 0 spiro atoms. The summed E-state index contributed by atoms with van der Waals surface area (Å²) in [4.78, 5) is 21.2. The van der Waals surface area contributed by atoms with Gasteiger partial charge in [0.05, 0.1) is 29.7 Å². The van der Waals surface area contributed by atoms with E-state index in [0.29, 0.717) is 24.3 Å². The lowest BCUT2D eigenvalue weighted by Crippen LogP contribution is -2.26. The number of carbonyl (C=O) groups excluding carboxylic acids is 1. The normalized spacial score (nSPS) is 13.6. The maximum atomic E-state index is 14.2. The first-order valence-corrected chi connectivity index (χ1v) is 7.75. The summed E-state index contributed by atoms with van der Waals surface area (Å²) >= 11 is 0. The lowest BCUT2D eigenvalue weighted by atomic mass is 10.1. The van der Waals surface area contributed by atoms with E-state index in [9.17, 15) is 18.0 Å². The minimum Gasteiger partial charge on any atom is -0.351 e. The van der Waals surface area contributed by atoms with Crippen molar-refractivity contribution in [3.05, 3.63) is 53.1 Å². The molecule has 1 aliphatic carbocycles. The van der Waals surface area contributed by atoms with Crippen molar-refractivity contribution in [2.45, 2.75) is 19.8 Å². The number of rotatable bonds is 6. The highest BCUT2D eigenvalue weighted by Gasteiger charge is 2.25. The van der Waals surface area contributed by atoms with E-state index in [1.165, 1.54) is 6.20 Å². The van der Waals surface area contributed by atoms with Gasteiger partial charge in [-0.1, -0.05) is 0 Å². The highest BCUT2D eigenvalue weighted by Crippen LogP contribution is 2.29. The number of benzene rings is 1. The zero-order valence-corrected chi connectivity index (χ0v) is 13.4. The fraction of sp³-hybridized carbons (Fsp3) is 0.294. The summed E-state index contributed by atoms with van der Waals surface area (Å²) in [6, 6.07) is 3.85. The molecule has 0 aliphatic heterocycles. The van der Waals surface area contributed by atoms with E-state index < -0.39 is 34.6 Å². The third kappa shape index (κ3) is 4.08. The van der Waals surface area contributed by atoms with Crippen LogP contribution in [0.2, 0.25) is 0 Å². The number of aromatic nitrogens is 1. The number of carbonyl (C=O) groups is 1. The Kier molecular flexibility index (Phi) is 4.89. The first kappa shape index (κ1) is 17.2. The molecule has 0 unspecified atom stereocenters. The van der Waals surface area contributed by atoms with Crippen LogP contribution >= 0.6 is 0 Å². The Hall–Kier alpha value is -2.61. The van der Waals surface area contributed by atoms with Crippen molar-refractivity contribution < 1.29 is 22.8 Å². The zero-order valence-electron chi connectivity index (χ0n) is 13.4. The Labute approximate surface area is 142 Å². The highest BCUT2D eigenvalue weighted by atomic mass is 19.2. The second-order valence-corrected chi connectivity index (χ2v) is 5.91. The molecule has 5 nitrogen and oxygen atoms in total. The molecule has 3 rings (SSSR count). The molecule has 1 aromatic heterocycles. The highest BCUT2D eigenvalue weighted by molar-refractivity contribution is 6.00. The number of amides is 1. The average molecular weight is 351 g/mol. The predicted molar refractivity (Wildman–Crippen MR) is 84.7 cm³/mol. The van der Waals surface area contributed by atoms with Gasteiger partial charge in [0.2, 0.25) is 0 Å². The molecule has 0 bridgehead atoms. The van der Waals surface area contributed by atoms with Gasteiger partial charge < -0.3 is 5.32 Å². The van der Waals surface area contributed by atoms with Crippen LogP contribution in [0.1, 0.15) is 28.9 Å². The van der Waals surface area contributed by atoms with Gasteiger partial charge in [0.25, 0.3) is 5.91 Å². The number of nitrogens with one attached hydrogen (secondary N) is 2. The lowest BCUT2D eigenvalue weighted by Gasteiger charge is -2.14. The summed E-state index contributed by atoms with van der Waals surface area (Å²) in [7, 11) is 0. The van der Waals surface area contributed by atoms with Crippen LogP contribution in [-0.4, -0.2) is 17.5 Å². The fourth-order valence-electron chi connectivity index (χ4n) is 2.15. The van der Waals surface area contributed by atoms with Crippen LogP contribution in [0.25, 0.3) is 0 Å². The molecule has 2 N–H and O–H groups in total. The van der Waals surface area contributed by atoms with E-state index in [4.69, 9.17) is 4.84 Å². The van der Waals surface area contributed by atoms with Crippen molar-refractivity contribution in [2.75, 3.05) is 11.9 Å². The predicted octanol–water partition coefficient (Wildman–Crippen LogP) is 3.62. The molecule has 0 saturated heterocycles. The second kappa shape index (κ2) is 7.10. The van der Waals surface area contributed by atoms with Gasteiger partial charge in [-0.05, 0) is 43.9 Å². The molecule has 132 valence electrons. The summed E-state index contributed by atoms with van der Waals surface area (Å²) in [5.74, 6) is -5.11. The average Bonchev–Trinajstić information content (AvgIpc) is 3.41. The van der Waals surface area contributed by atoms with E-state index in [1.807, 2.05) is 0 Å². The van der Waals surface area contributed by atoms with Crippen LogP contribution in [0, 0.1) is 30.3 Å². The number of anilines is 2. The van der Waals surface area contributed by atoms with Crippen LogP contribution in [-0.2, 0) is 4.84 Å². The molecule has 0 radical (unpaired) electrons. The summed E-state index contributed by atoms with van der Waals surface area (Å²) in [5.41, 5.74) is 2.28. The van der Waals surface area contributed by atoms with Gasteiger partial charge in [-0.15, -0.1) is 0 Å². The molecular weight excluding hydrogens is 335 g/mol. The van der Waals surface area contributed by atoms with E-state index in [0.717, 1.165) is 18.5 Å². The number of hydrogen-bond donors (Lipinski definition) is 2. The smallest absolute Gasteiger partial charge is 0.277 e. The van der Waals surface area contributed by atoms with Crippen LogP contribution in [0.4, 0.5) is 24.5 Å². The molecule has 1 aliphatic rings. The van der Waals surface area contributed by atoms with Gasteiger partial charge in [0, 0.05) is 5.69 Å². The molecule has 1 fully saturated rings. The van der Waals surface area contributed by atoms with Crippen LogP contribution in [0.5, 0.6) is 0 Å². The van der Waals surface area contributed by atoms with Gasteiger partial charge in [0.15, 0.2) is 17.5 Å². The Balaban J connectivity index is 1.86. The molecule has 0 atom stereocenters. The van der Waals surface area contributed by atoms with E-state index in [-0.39, 0.29) is 0 Å². The van der Waals surface area contributed by atoms with Gasteiger partial charge in [0.1, 0.15) is 0 Å². The van der Waals surface area contributed by atoms with E-state index in [2.05, 4.69) is 15.8 Å². The van der Waals surface area contributed by atoms with Crippen LogP contribution < -0.4 is 10.8 Å². The SMILES string of the molecule is Cc1ccc(Nc2c(C(=O)NOCC3CC3)cc(F)c(F)c2F)cn1. The van der Waals surface area contributed by atoms with Gasteiger partial charge in [-0.25, -0.2) is 18.7 Å². The molecule has 25 heavy (non-hydrogen) atoms. The summed E-state index contributed by atoms with van der Waals surface area (Å²) in [6.07, 6.45) is 3.42. The zero-order chi connectivity index (χ0) is 18.0. The van der Waals surface area contributed by atoms with Crippen molar-refractivity contribution in [3.63, 3.8) is 0 Å². The standard InChI is InChI=1S/C17H16F3N3O2/c1-9-2-5-11(7-21-9)22-16-12(6-13(18)14(19)15(16)20)17(24)23-25-8-10-3-4-10/h2,5-7,10,22H,3-4,8H2,1H3,(H,23,24). The quantitative estimate of drug-likeness (QED) is 0.616. The molecule has 8 heteroatoms. The van der Waals surface area contributed by atoms with Crippen molar-refractivity contribution >= 4 is 17.3 Å². The Morgan fingerprint density at radius 1 is 1.28 bits per heavy atom. The molecule has 1 aromatic carbocycles. The first-order chi connectivity index (χ1) is 12.0. The number of pyridine rings is 1. The van der Waals surface area contributed by atoms with Crippen LogP contribution in [0.3, 0.4) is 0 Å². The monoisotopic (exact) mass is 351 g/mol. The molecule has 2 aromatic rings. The van der Waals surface area contributed by atoms with Crippen LogP contribution in [0.15, 0.2) is 24.4 Å². The Bertz CT molecular complexity index is 793. The number of hydroxylamine groups is 1. The number of nitrogens with zero attached hydrogens (tertiary/aromatic N) is 1. The first-order valence-electron chi connectivity index (χ1n) is 7.75. The number of hydrogen-bond acceptors (Lipinski definition) is 4. The summed E-state index contributed by atoms with van der Waals surface area (Å²) in [6.45, 7) is 2.08. The minimum atomic E-state index is -1.67. The number of aryl methyl sites for hydroxylation is 1. The van der Waals surface area contributed by atoms with Crippen molar-refractivity contribution in [3.8, 4) is 0 Å². The minimum absolute atomic E-state index is 0.322. The van der Waals surface area contributed by atoms with Gasteiger partial charge >= 0.3 is 0 Å². The fourth-order valence-corrected chi connectivity index (χ4v) is 2.15. The largest absolute Gasteiger partial charge is 0.351 e. The summed E-state index contributed by atoms with van der Waals surface area (Å²) < 4.78 is 41.3. The number of halogens is 3. The van der Waals surface area contributed by atoms with E-state index >= 15 is 0 Å². The van der Waals surface area contributed by atoms with E-state index in [1.54, 1.807) is 19.1 Å². The molecule has 1 heterocycles. The lowest BCUT2D eigenvalue weighted by molar-refractivity contribution is 0.0270. The van der Waals surface area contributed by atoms with Crippen molar-refractivity contribution in [2.24, 2.45) is 5.92 Å². The van der Waals surface area contributed by atoms with Crippen molar-refractivity contribution in [1.29, 1.82) is 0 Å². The Morgan fingerprint density at radius 2 is 2.04 bits per heavy atom. The third-order valence-corrected chi connectivity index (χ3v) is 3.77. The van der Waals surface area contributed by atoms with Crippen molar-refractivity contribution in [1.82, 2.24) is 10.5 Å². The maximum absolute atomic E-state index is 14.2.